The van der Waals surface area contributed by atoms with Crippen LogP contribution in [-0.4, -0.2) is 22.1 Å². The third-order valence-electron chi connectivity index (χ3n) is 3.61. The highest BCUT2D eigenvalue weighted by Gasteiger charge is 2.30. The van der Waals surface area contributed by atoms with Crippen molar-refractivity contribution < 1.29 is 18.0 Å². The van der Waals surface area contributed by atoms with E-state index in [-0.39, 0.29) is 32.7 Å². The van der Waals surface area contributed by atoms with Gasteiger partial charge in [0, 0.05) is 28.9 Å². The molecule has 0 bridgehead atoms. The second kappa shape index (κ2) is 6.33. The Bertz CT molecular complexity index is 959. The molecule has 0 atom stereocenters. The minimum Gasteiger partial charge on any atom is -0.366 e. The first-order valence-corrected chi connectivity index (χ1v) is 7.53. The topological polar surface area (TPSA) is 68.9 Å². The Morgan fingerprint density at radius 3 is 2.60 bits per heavy atom. The average molecular weight is 366 g/mol. The molecule has 8 heteroatoms. The van der Waals surface area contributed by atoms with Gasteiger partial charge in [-0.1, -0.05) is 11.6 Å². The lowest BCUT2D eigenvalue weighted by Gasteiger charge is -2.14. The summed E-state index contributed by atoms with van der Waals surface area (Å²) < 4.78 is 39.0. The number of nitrogens with two attached hydrogens (primary N) is 1. The Kier molecular flexibility index (Phi) is 4.34. The van der Waals surface area contributed by atoms with Crippen molar-refractivity contribution in [3.8, 4) is 11.3 Å². The molecule has 2 N–H and O–H groups in total. The number of pyridine rings is 2. The molecule has 1 amide bonds. The Labute approximate surface area is 145 Å². The Morgan fingerprint density at radius 1 is 1.24 bits per heavy atom. The molecular weight excluding hydrogens is 355 g/mol. The predicted octanol–water partition coefficient (Wildman–Crippen LogP) is 4.15. The number of rotatable bonds is 3. The van der Waals surface area contributed by atoms with Crippen LogP contribution in [0.4, 0.5) is 13.2 Å². The number of carbonyl (C=O) groups is 1. The molecule has 2 aromatic heterocycles. The number of benzene rings is 1. The summed E-state index contributed by atoms with van der Waals surface area (Å²) in [6.07, 6.45) is -2.73. The van der Waals surface area contributed by atoms with Crippen LogP contribution in [0.25, 0.3) is 22.2 Å². The molecule has 2 heterocycles. The highest BCUT2D eigenvalue weighted by molar-refractivity contribution is 6.35. The molecule has 3 aromatic rings. The van der Waals surface area contributed by atoms with Crippen molar-refractivity contribution in [1.82, 2.24) is 9.97 Å². The van der Waals surface area contributed by atoms with Gasteiger partial charge in [-0.15, -0.1) is 0 Å². The van der Waals surface area contributed by atoms with Crippen molar-refractivity contribution in [1.29, 1.82) is 0 Å². The van der Waals surface area contributed by atoms with Gasteiger partial charge in [-0.3, -0.25) is 9.78 Å². The fourth-order valence-electron chi connectivity index (χ4n) is 2.59. The number of amides is 1. The fraction of sp³-hybridized carbons (Fsp3) is 0.118. The van der Waals surface area contributed by atoms with Gasteiger partial charge in [0.2, 0.25) is 5.91 Å². The van der Waals surface area contributed by atoms with Crippen LogP contribution in [-0.2, 0) is 6.42 Å². The van der Waals surface area contributed by atoms with E-state index in [1.165, 1.54) is 30.6 Å². The van der Waals surface area contributed by atoms with Crippen LogP contribution < -0.4 is 5.73 Å². The van der Waals surface area contributed by atoms with Crippen LogP contribution in [0.5, 0.6) is 0 Å². The van der Waals surface area contributed by atoms with Gasteiger partial charge >= 0.3 is 6.18 Å². The number of hydrogen-bond donors (Lipinski definition) is 1. The summed E-state index contributed by atoms with van der Waals surface area (Å²) in [6.45, 7) is 0. The van der Waals surface area contributed by atoms with Crippen LogP contribution in [0.15, 0.2) is 42.7 Å². The van der Waals surface area contributed by atoms with Crippen LogP contribution in [0.3, 0.4) is 0 Å². The van der Waals surface area contributed by atoms with Gasteiger partial charge in [-0.25, -0.2) is 4.98 Å². The lowest BCUT2D eigenvalue weighted by atomic mass is 9.99. The van der Waals surface area contributed by atoms with Crippen molar-refractivity contribution >= 4 is 28.4 Å². The highest BCUT2D eigenvalue weighted by Crippen LogP contribution is 2.34. The summed E-state index contributed by atoms with van der Waals surface area (Å²) in [4.78, 5) is 19.8. The van der Waals surface area contributed by atoms with Gasteiger partial charge in [0.1, 0.15) is 0 Å². The lowest BCUT2D eigenvalue weighted by Crippen LogP contribution is -2.15. The van der Waals surface area contributed by atoms with Crippen molar-refractivity contribution in [2.75, 3.05) is 0 Å². The first kappa shape index (κ1) is 17.2. The molecular formula is C17H11ClF3N3O. The maximum Gasteiger partial charge on any atom is 0.393 e. The van der Waals surface area contributed by atoms with Crippen LogP contribution in [0.1, 0.15) is 15.9 Å². The third-order valence-corrected chi connectivity index (χ3v) is 3.91. The maximum absolute atomic E-state index is 13.0. The van der Waals surface area contributed by atoms with Gasteiger partial charge in [-0.05, 0) is 35.9 Å². The second-order valence-corrected chi connectivity index (χ2v) is 5.79. The van der Waals surface area contributed by atoms with Crippen molar-refractivity contribution in [3.05, 3.63) is 58.9 Å². The molecule has 0 aliphatic heterocycles. The van der Waals surface area contributed by atoms with E-state index in [4.69, 9.17) is 17.3 Å². The molecule has 1 aromatic carbocycles. The molecule has 0 aliphatic carbocycles. The van der Waals surface area contributed by atoms with E-state index >= 15 is 0 Å². The SMILES string of the molecule is NC(=O)c1ccc(Cl)c2nc(-c3cccnc3)c(CC(F)(F)F)cc12. The summed E-state index contributed by atoms with van der Waals surface area (Å²) in [5.74, 6) is -0.768. The minimum absolute atomic E-state index is 0.0630. The largest absolute Gasteiger partial charge is 0.393 e. The van der Waals surface area contributed by atoms with Crippen molar-refractivity contribution in [2.24, 2.45) is 5.73 Å². The number of primary amides is 1. The van der Waals surface area contributed by atoms with E-state index in [1.807, 2.05) is 0 Å². The molecule has 128 valence electrons. The Balaban J connectivity index is 2.35. The molecule has 0 aliphatic rings. The predicted molar refractivity (Wildman–Crippen MR) is 88.3 cm³/mol. The van der Waals surface area contributed by atoms with Crippen molar-refractivity contribution in [2.45, 2.75) is 12.6 Å². The summed E-state index contributed by atoms with van der Waals surface area (Å²) in [7, 11) is 0. The van der Waals surface area contributed by atoms with E-state index in [2.05, 4.69) is 9.97 Å². The fourth-order valence-corrected chi connectivity index (χ4v) is 2.79. The molecule has 0 saturated carbocycles. The summed E-state index contributed by atoms with van der Waals surface area (Å²) in [5.41, 5.74) is 6.04. The zero-order valence-electron chi connectivity index (χ0n) is 12.6. The van der Waals surface area contributed by atoms with Crippen molar-refractivity contribution in [3.63, 3.8) is 0 Å². The number of carbonyl (C=O) groups excluding carboxylic acids is 1. The summed E-state index contributed by atoms with van der Waals surface area (Å²) in [5, 5.41) is 0.399. The van der Waals surface area contributed by atoms with Crippen LogP contribution >= 0.6 is 11.6 Å². The molecule has 0 unspecified atom stereocenters. The monoisotopic (exact) mass is 365 g/mol. The van der Waals surface area contributed by atoms with Gasteiger partial charge in [0.15, 0.2) is 0 Å². The standard InChI is InChI=1S/C17H11ClF3N3O/c18-13-4-3-11(16(22)25)12-6-10(7-17(19,20)21)14(24-15(12)13)9-2-1-5-23-8-9/h1-6,8H,7H2,(H2,22,25). The Hall–Kier alpha value is -2.67. The van der Waals surface area contributed by atoms with Gasteiger partial charge in [-0.2, -0.15) is 13.2 Å². The number of fused-ring (bicyclic) bond motifs is 1. The summed E-state index contributed by atoms with van der Waals surface area (Å²) >= 11 is 6.13. The smallest absolute Gasteiger partial charge is 0.366 e. The summed E-state index contributed by atoms with van der Waals surface area (Å²) in [6, 6.07) is 7.28. The lowest BCUT2D eigenvalue weighted by molar-refractivity contribution is -0.127. The number of hydrogen-bond acceptors (Lipinski definition) is 3. The van der Waals surface area contributed by atoms with Gasteiger partial charge in [0.05, 0.1) is 22.7 Å². The van der Waals surface area contributed by atoms with E-state index in [0.29, 0.717) is 5.56 Å². The first-order chi connectivity index (χ1) is 11.8. The second-order valence-electron chi connectivity index (χ2n) is 5.39. The number of halogens is 4. The highest BCUT2D eigenvalue weighted by atomic mass is 35.5. The van der Waals surface area contributed by atoms with E-state index in [1.54, 1.807) is 12.1 Å². The third kappa shape index (κ3) is 3.56. The van der Waals surface area contributed by atoms with Gasteiger partial charge in [0.25, 0.3) is 0 Å². The quantitative estimate of drug-likeness (QED) is 0.758. The van der Waals surface area contributed by atoms with E-state index < -0.39 is 18.5 Å². The first-order valence-electron chi connectivity index (χ1n) is 7.15. The number of nitrogens with zero attached hydrogens (tertiary/aromatic N) is 2. The maximum atomic E-state index is 13.0. The Morgan fingerprint density at radius 2 is 2.00 bits per heavy atom. The van der Waals surface area contributed by atoms with E-state index in [9.17, 15) is 18.0 Å². The normalized spacial score (nSPS) is 11.7. The zero-order chi connectivity index (χ0) is 18.2. The number of alkyl halides is 3. The van der Waals surface area contributed by atoms with Gasteiger partial charge < -0.3 is 5.73 Å². The van der Waals surface area contributed by atoms with Crippen LogP contribution in [0.2, 0.25) is 5.02 Å². The molecule has 0 fully saturated rings. The minimum atomic E-state index is -4.45. The zero-order valence-corrected chi connectivity index (χ0v) is 13.4. The molecule has 3 rings (SSSR count). The molecule has 0 radical (unpaired) electrons. The molecule has 0 spiro atoms. The van der Waals surface area contributed by atoms with Crippen LogP contribution in [0, 0.1) is 0 Å². The molecule has 25 heavy (non-hydrogen) atoms. The number of aromatic nitrogens is 2. The molecule has 0 saturated heterocycles. The van der Waals surface area contributed by atoms with E-state index in [0.717, 1.165) is 0 Å². The molecule has 4 nitrogen and oxygen atoms in total. The average Bonchev–Trinajstić information content (AvgIpc) is 2.54.